The zero-order valence-electron chi connectivity index (χ0n) is 10.9. The van der Waals surface area contributed by atoms with E-state index >= 15 is 0 Å². The van der Waals surface area contributed by atoms with Crippen LogP contribution in [0.2, 0.25) is 0 Å². The Kier molecular flexibility index (Phi) is 4.25. The summed E-state index contributed by atoms with van der Waals surface area (Å²) >= 11 is 0. The van der Waals surface area contributed by atoms with Crippen LogP contribution in [-0.2, 0) is 9.59 Å². The van der Waals surface area contributed by atoms with Crippen LogP contribution in [0.4, 0.5) is 11.4 Å². The molecule has 1 aromatic carbocycles. The number of pyridine rings is 1. The van der Waals surface area contributed by atoms with Crippen LogP contribution >= 0.6 is 0 Å². The summed E-state index contributed by atoms with van der Waals surface area (Å²) in [6.45, 7) is 0. The van der Waals surface area contributed by atoms with Crippen LogP contribution in [-0.4, -0.2) is 22.7 Å². The number of aromatic nitrogens is 1. The highest BCUT2D eigenvalue weighted by atomic mass is 16.2. The molecular weight excluding hydrogens is 272 g/mol. The lowest BCUT2D eigenvalue weighted by Crippen LogP contribution is -2.39. The average Bonchev–Trinajstić information content (AvgIpc) is 2.48. The maximum absolute atomic E-state index is 11.8. The molecule has 2 rings (SSSR count). The molecule has 0 saturated carbocycles. The molecule has 4 N–H and O–H groups in total. The highest BCUT2D eigenvalue weighted by molar-refractivity contribution is 6.42. The predicted octanol–water partition coefficient (Wildman–Crippen LogP) is 0.559. The van der Waals surface area contributed by atoms with Crippen molar-refractivity contribution >= 4 is 29.1 Å². The van der Waals surface area contributed by atoms with Gasteiger partial charge in [-0.1, -0.05) is 12.1 Å². The summed E-state index contributed by atoms with van der Waals surface area (Å²) in [6.07, 6.45) is 2.90. The number of nitrogen functional groups attached to an aromatic ring is 1. The van der Waals surface area contributed by atoms with Gasteiger partial charge in [-0.05, 0) is 24.3 Å². The Morgan fingerprint density at radius 1 is 1.00 bits per heavy atom. The Labute approximate surface area is 120 Å². The summed E-state index contributed by atoms with van der Waals surface area (Å²) in [4.78, 5) is 38.9. The Hall–Kier alpha value is -3.22. The van der Waals surface area contributed by atoms with Gasteiger partial charge in [-0.15, -0.1) is 0 Å². The number of hydrogen-bond donors (Lipinski definition) is 3. The number of benzene rings is 1. The first-order valence-electron chi connectivity index (χ1n) is 5.99. The maximum atomic E-state index is 11.8. The normalized spacial score (nSPS) is 9.71. The minimum Gasteiger partial charge on any atom is -0.398 e. The van der Waals surface area contributed by atoms with Crippen LogP contribution in [0.15, 0.2) is 48.8 Å². The molecule has 0 bridgehead atoms. The summed E-state index contributed by atoms with van der Waals surface area (Å²) in [5.41, 5.74) is 6.31. The fourth-order valence-corrected chi connectivity index (χ4v) is 1.56. The van der Waals surface area contributed by atoms with Gasteiger partial charge in [0.15, 0.2) is 0 Å². The monoisotopic (exact) mass is 284 g/mol. The molecule has 0 aliphatic rings. The Bertz CT molecular complexity index is 686. The molecule has 0 aliphatic carbocycles. The number of nitrogens with zero attached hydrogens (tertiary/aromatic N) is 1. The number of para-hydroxylation sites is 1. The van der Waals surface area contributed by atoms with E-state index in [1.807, 2.05) is 5.32 Å². The second-order valence-electron chi connectivity index (χ2n) is 4.07. The average molecular weight is 284 g/mol. The Morgan fingerprint density at radius 2 is 1.76 bits per heavy atom. The van der Waals surface area contributed by atoms with Crippen molar-refractivity contribution in [3.8, 4) is 0 Å². The number of rotatable bonds is 2. The number of anilines is 2. The summed E-state index contributed by atoms with van der Waals surface area (Å²) < 4.78 is 0. The van der Waals surface area contributed by atoms with E-state index in [1.165, 1.54) is 24.5 Å². The third-order valence-electron chi connectivity index (χ3n) is 2.56. The van der Waals surface area contributed by atoms with Crippen molar-refractivity contribution in [2.45, 2.75) is 0 Å². The lowest BCUT2D eigenvalue weighted by Gasteiger charge is -2.06. The molecule has 0 unspecified atom stereocenters. The van der Waals surface area contributed by atoms with Crippen molar-refractivity contribution in [1.82, 2.24) is 10.3 Å². The molecule has 0 aliphatic heterocycles. The first-order chi connectivity index (χ1) is 10.1. The number of imide groups is 1. The largest absolute Gasteiger partial charge is 0.398 e. The molecule has 2 aromatic rings. The fourth-order valence-electron chi connectivity index (χ4n) is 1.56. The van der Waals surface area contributed by atoms with E-state index in [9.17, 15) is 14.4 Å². The van der Waals surface area contributed by atoms with E-state index in [1.54, 1.807) is 24.3 Å². The molecule has 0 radical (unpaired) electrons. The van der Waals surface area contributed by atoms with Crippen molar-refractivity contribution in [2.24, 2.45) is 0 Å². The van der Waals surface area contributed by atoms with Gasteiger partial charge < -0.3 is 11.1 Å². The second kappa shape index (κ2) is 6.29. The van der Waals surface area contributed by atoms with Gasteiger partial charge in [0.2, 0.25) is 0 Å². The fraction of sp³-hybridized carbons (Fsp3) is 0. The van der Waals surface area contributed by atoms with Crippen LogP contribution in [0.1, 0.15) is 10.4 Å². The van der Waals surface area contributed by atoms with Crippen molar-refractivity contribution < 1.29 is 14.4 Å². The van der Waals surface area contributed by atoms with Crippen LogP contribution in [0.5, 0.6) is 0 Å². The first kappa shape index (κ1) is 14.2. The minimum absolute atomic E-state index is 0.125. The van der Waals surface area contributed by atoms with Crippen molar-refractivity contribution in [3.05, 3.63) is 54.4 Å². The molecule has 1 heterocycles. The standard InChI is InChI=1S/C14H12N4O3/c15-11-6-2-1-5-10(11)12(19)18-14(21)13(20)17-9-4-3-7-16-8-9/h1-8H,15H2,(H,17,20)(H,18,19,21). The number of nitrogens with two attached hydrogens (primary N) is 1. The lowest BCUT2D eigenvalue weighted by molar-refractivity contribution is -0.135. The van der Waals surface area contributed by atoms with Gasteiger partial charge in [-0.2, -0.15) is 0 Å². The summed E-state index contributed by atoms with van der Waals surface area (Å²) in [6, 6.07) is 9.40. The molecule has 21 heavy (non-hydrogen) atoms. The maximum Gasteiger partial charge on any atom is 0.316 e. The van der Waals surface area contributed by atoms with E-state index in [0.717, 1.165) is 0 Å². The summed E-state index contributed by atoms with van der Waals surface area (Å²) in [5.74, 6) is -2.78. The van der Waals surface area contributed by atoms with Gasteiger partial charge >= 0.3 is 11.8 Å². The van der Waals surface area contributed by atoms with Crippen molar-refractivity contribution in [2.75, 3.05) is 11.1 Å². The molecule has 0 atom stereocenters. The Balaban J connectivity index is 2.00. The van der Waals surface area contributed by atoms with E-state index in [4.69, 9.17) is 5.73 Å². The van der Waals surface area contributed by atoms with Crippen LogP contribution in [0, 0.1) is 0 Å². The van der Waals surface area contributed by atoms with Crippen LogP contribution in [0.3, 0.4) is 0 Å². The number of hydrogen-bond acceptors (Lipinski definition) is 5. The molecule has 3 amide bonds. The van der Waals surface area contributed by atoms with Gasteiger partial charge in [-0.25, -0.2) is 0 Å². The third kappa shape index (κ3) is 3.63. The van der Waals surface area contributed by atoms with Crippen LogP contribution < -0.4 is 16.4 Å². The topological polar surface area (TPSA) is 114 Å². The quantitative estimate of drug-likeness (QED) is 0.550. The zero-order valence-corrected chi connectivity index (χ0v) is 10.9. The molecular formula is C14H12N4O3. The second-order valence-corrected chi connectivity index (χ2v) is 4.07. The lowest BCUT2D eigenvalue weighted by atomic mass is 10.1. The number of nitrogens with one attached hydrogen (secondary N) is 2. The van der Waals surface area contributed by atoms with Gasteiger partial charge in [-0.3, -0.25) is 24.7 Å². The minimum atomic E-state index is -1.08. The summed E-state index contributed by atoms with van der Waals surface area (Å²) in [7, 11) is 0. The van der Waals surface area contributed by atoms with Crippen molar-refractivity contribution in [3.63, 3.8) is 0 Å². The smallest absolute Gasteiger partial charge is 0.316 e. The number of amides is 3. The van der Waals surface area contributed by atoms with E-state index in [0.29, 0.717) is 5.69 Å². The molecule has 7 heteroatoms. The highest BCUT2D eigenvalue weighted by Gasteiger charge is 2.19. The number of carbonyl (C=O) groups excluding carboxylic acids is 3. The van der Waals surface area contributed by atoms with E-state index in [2.05, 4.69) is 10.3 Å². The molecule has 106 valence electrons. The molecule has 1 aromatic heterocycles. The SMILES string of the molecule is Nc1ccccc1C(=O)NC(=O)C(=O)Nc1cccnc1. The molecule has 7 nitrogen and oxygen atoms in total. The number of carbonyl (C=O) groups is 3. The van der Waals surface area contributed by atoms with Gasteiger partial charge in [0.1, 0.15) is 0 Å². The highest BCUT2D eigenvalue weighted by Crippen LogP contribution is 2.09. The molecule has 0 saturated heterocycles. The van der Waals surface area contributed by atoms with Gasteiger partial charge in [0.25, 0.3) is 5.91 Å². The zero-order chi connectivity index (χ0) is 15.2. The van der Waals surface area contributed by atoms with Gasteiger partial charge in [0, 0.05) is 11.9 Å². The first-order valence-corrected chi connectivity index (χ1v) is 5.99. The van der Waals surface area contributed by atoms with E-state index in [-0.39, 0.29) is 11.3 Å². The van der Waals surface area contributed by atoms with Crippen molar-refractivity contribution in [1.29, 1.82) is 0 Å². The molecule has 0 fully saturated rings. The predicted molar refractivity (Wildman–Crippen MR) is 76.2 cm³/mol. The molecule has 0 spiro atoms. The third-order valence-corrected chi connectivity index (χ3v) is 2.56. The van der Waals surface area contributed by atoms with Gasteiger partial charge in [0.05, 0.1) is 17.4 Å². The van der Waals surface area contributed by atoms with E-state index < -0.39 is 17.7 Å². The Morgan fingerprint density at radius 3 is 2.43 bits per heavy atom. The van der Waals surface area contributed by atoms with Crippen LogP contribution in [0.25, 0.3) is 0 Å². The summed E-state index contributed by atoms with van der Waals surface area (Å²) in [5, 5.41) is 4.28.